The van der Waals surface area contributed by atoms with Crippen molar-refractivity contribution in [3.8, 4) is 0 Å². The Morgan fingerprint density at radius 3 is 2.74 bits per heavy atom. The number of nitrogens with zero attached hydrogens (tertiary/aromatic N) is 3. The summed E-state index contributed by atoms with van der Waals surface area (Å²) in [4.78, 5) is 42.0. The maximum Gasteiger partial charge on any atom is 0.410 e. The third kappa shape index (κ3) is 2.43. The number of hydrogen-bond acceptors (Lipinski definition) is 5. The van der Waals surface area contributed by atoms with Gasteiger partial charge in [-0.25, -0.2) is 4.79 Å². The number of amides is 3. The van der Waals surface area contributed by atoms with Gasteiger partial charge in [0.15, 0.2) is 5.72 Å². The van der Waals surface area contributed by atoms with E-state index >= 15 is 0 Å². The number of benzene rings is 1. The molecule has 0 aliphatic carbocycles. The molecule has 4 aliphatic rings. The number of ether oxygens (including phenoxy) is 2. The van der Waals surface area contributed by atoms with Gasteiger partial charge >= 0.3 is 6.09 Å². The highest BCUT2D eigenvalue weighted by atomic mass is 16.6. The van der Waals surface area contributed by atoms with Crippen molar-refractivity contribution in [2.45, 2.75) is 30.7 Å². The second-order valence-corrected chi connectivity index (χ2v) is 7.46. The molecule has 1 spiro atoms. The molecule has 4 heterocycles. The van der Waals surface area contributed by atoms with Gasteiger partial charge in [-0.1, -0.05) is 30.3 Å². The van der Waals surface area contributed by atoms with Crippen LogP contribution in [-0.2, 0) is 19.1 Å². The summed E-state index contributed by atoms with van der Waals surface area (Å²) in [6, 6.07) is 9.56. The van der Waals surface area contributed by atoms with Gasteiger partial charge in [-0.15, -0.1) is 0 Å². The van der Waals surface area contributed by atoms with Gasteiger partial charge in [0.05, 0.1) is 25.6 Å². The van der Waals surface area contributed by atoms with E-state index in [0.717, 1.165) is 5.56 Å². The van der Waals surface area contributed by atoms with Gasteiger partial charge in [0, 0.05) is 13.0 Å². The van der Waals surface area contributed by atoms with Gasteiger partial charge < -0.3 is 19.3 Å². The second kappa shape index (κ2) is 5.95. The number of rotatable bonds is 3. The summed E-state index contributed by atoms with van der Waals surface area (Å²) >= 11 is 0. The van der Waals surface area contributed by atoms with E-state index in [2.05, 4.69) is 0 Å². The SMILES string of the molecule is O=C1OCCN1CC(=O)N1CC[C@@]23O[C@H](c4ccccc4)CN2C(=O)C[C@@H]13. The van der Waals surface area contributed by atoms with Crippen LogP contribution >= 0.6 is 0 Å². The molecule has 0 bridgehead atoms. The van der Waals surface area contributed by atoms with Crippen LogP contribution in [0.3, 0.4) is 0 Å². The first-order chi connectivity index (χ1) is 13.1. The van der Waals surface area contributed by atoms with Crippen molar-refractivity contribution in [2.75, 3.05) is 32.8 Å². The number of carbonyl (C=O) groups excluding carboxylic acids is 3. The zero-order valence-corrected chi connectivity index (χ0v) is 14.9. The first kappa shape index (κ1) is 16.6. The minimum Gasteiger partial charge on any atom is -0.448 e. The lowest BCUT2D eigenvalue weighted by Gasteiger charge is -2.32. The van der Waals surface area contributed by atoms with Crippen LogP contribution in [0.5, 0.6) is 0 Å². The fourth-order valence-corrected chi connectivity index (χ4v) is 4.79. The maximum absolute atomic E-state index is 12.8. The first-order valence-corrected chi connectivity index (χ1v) is 9.33. The topological polar surface area (TPSA) is 79.4 Å². The van der Waals surface area contributed by atoms with E-state index in [1.54, 1.807) is 4.90 Å². The summed E-state index contributed by atoms with van der Waals surface area (Å²) in [5.74, 6) is -0.131. The molecular weight excluding hydrogens is 350 g/mol. The largest absolute Gasteiger partial charge is 0.448 e. The first-order valence-electron chi connectivity index (χ1n) is 9.33. The third-order valence-electron chi connectivity index (χ3n) is 6.09. The predicted octanol–water partition coefficient (Wildman–Crippen LogP) is 0.740. The van der Waals surface area contributed by atoms with Crippen LogP contribution in [0.4, 0.5) is 4.79 Å². The molecule has 3 amide bonds. The van der Waals surface area contributed by atoms with E-state index in [4.69, 9.17) is 9.47 Å². The van der Waals surface area contributed by atoms with E-state index in [1.807, 2.05) is 35.2 Å². The second-order valence-electron chi connectivity index (χ2n) is 7.46. The highest BCUT2D eigenvalue weighted by Crippen LogP contribution is 2.50. The van der Waals surface area contributed by atoms with Gasteiger partial charge in [0.25, 0.3) is 0 Å². The quantitative estimate of drug-likeness (QED) is 0.783. The molecule has 142 valence electrons. The van der Waals surface area contributed by atoms with E-state index in [0.29, 0.717) is 32.7 Å². The Balaban J connectivity index is 1.36. The molecular formula is C19H21N3O5. The average Bonchev–Trinajstić information content (AvgIpc) is 3.39. The molecule has 8 heteroatoms. The van der Waals surface area contributed by atoms with Gasteiger partial charge in [-0.2, -0.15) is 0 Å². The molecule has 4 saturated heterocycles. The van der Waals surface area contributed by atoms with Crippen molar-refractivity contribution in [1.29, 1.82) is 0 Å². The summed E-state index contributed by atoms with van der Waals surface area (Å²) in [5.41, 5.74) is 0.302. The highest BCUT2D eigenvalue weighted by Gasteiger charge is 2.65. The molecule has 27 heavy (non-hydrogen) atoms. The van der Waals surface area contributed by atoms with E-state index in [-0.39, 0.29) is 36.9 Å². The molecule has 0 unspecified atom stereocenters. The third-order valence-corrected chi connectivity index (χ3v) is 6.09. The molecule has 8 nitrogen and oxygen atoms in total. The van der Waals surface area contributed by atoms with Crippen LogP contribution in [-0.4, -0.2) is 77.2 Å². The number of hydrogen-bond donors (Lipinski definition) is 0. The predicted molar refractivity (Wildman–Crippen MR) is 92.4 cm³/mol. The normalized spacial score (nSPS) is 32.1. The molecule has 1 aromatic rings. The van der Waals surface area contributed by atoms with Crippen LogP contribution in [0.15, 0.2) is 30.3 Å². The molecule has 0 aromatic heterocycles. The maximum atomic E-state index is 12.8. The van der Waals surface area contributed by atoms with Crippen molar-refractivity contribution in [3.05, 3.63) is 35.9 Å². The van der Waals surface area contributed by atoms with Gasteiger partial charge in [-0.3, -0.25) is 14.5 Å². The lowest BCUT2D eigenvalue weighted by atomic mass is 10.1. The fourth-order valence-electron chi connectivity index (χ4n) is 4.79. The van der Waals surface area contributed by atoms with Crippen molar-refractivity contribution in [3.63, 3.8) is 0 Å². The molecule has 0 N–H and O–H groups in total. The summed E-state index contributed by atoms with van der Waals surface area (Å²) in [5, 5.41) is 0. The van der Waals surface area contributed by atoms with E-state index in [9.17, 15) is 14.4 Å². The monoisotopic (exact) mass is 371 g/mol. The molecule has 0 radical (unpaired) electrons. The average molecular weight is 371 g/mol. The number of cyclic esters (lactones) is 1. The van der Waals surface area contributed by atoms with Crippen LogP contribution in [0.25, 0.3) is 0 Å². The van der Waals surface area contributed by atoms with Crippen molar-refractivity contribution < 1.29 is 23.9 Å². The Morgan fingerprint density at radius 1 is 1.19 bits per heavy atom. The van der Waals surface area contributed by atoms with Crippen LogP contribution in [0, 0.1) is 0 Å². The number of likely N-dealkylation sites (tertiary alicyclic amines) is 1. The fraction of sp³-hybridized carbons (Fsp3) is 0.526. The van der Waals surface area contributed by atoms with Gasteiger partial charge in [0.2, 0.25) is 11.8 Å². The molecule has 4 fully saturated rings. The zero-order chi connectivity index (χ0) is 18.6. The highest BCUT2D eigenvalue weighted by molar-refractivity contribution is 5.87. The van der Waals surface area contributed by atoms with Crippen LogP contribution in [0.2, 0.25) is 0 Å². The Kier molecular flexibility index (Phi) is 3.65. The van der Waals surface area contributed by atoms with Crippen LogP contribution < -0.4 is 0 Å². The lowest BCUT2D eigenvalue weighted by molar-refractivity contribution is -0.143. The summed E-state index contributed by atoms with van der Waals surface area (Å²) in [6.45, 7) is 1.76. The summed E-state index contributed by atoms with van der Waals surface area (Å²) in [6.07, 6.45) is 0.241. The minimum absolute atomic E-state index is 0.0122. The lowest BCUT2D eigenvalue weighted by Crippen LogP contribution is -2.50. The smallest absolute Gasteiger partial charge is 0.410 e. The molecule has 3 atom stereocenters. The van der Waals surface area contributed by atoms with Crippen molar-refractivity contribution in [2.24, 2.45) is 0 Å². The summed E-state index contributed by atoms with van der Waals surface area (Å²) < 4.78 is 11.3. The molecule has 1 aromatic carbocycles. The summed E-state index contributed by atoms with van der Waals surface area (Å²) in [7, 11) is 0. The standard InChI is InChI=1S/C19H21N3O5/c23-16-10-15-19(22(16)11-14(27-19)13-4-2-1-3-5-13)6-7-21(15)17(24)12-20-8-9-26-18(20)25/h1-5,14-15H,6-12H2/t14-,15+,19-/m0/s1. The zero-order valence-electron chi connectivity index (χ0n) is 14.9. The van der Waals surface area contributed by atoms with E-state index < -0.39 is 11.8 Å². The molecule has 4 aliphatic heterocycles. The Morgan fingerprint density at radius 2 is 2.00 bits per heavy atom. The Hall–Kier alpha value is -2.61. The van der Waals surface area contributed by atoms with E-state index in [1.165, 1.54) is 4.90 Å². The molecule has 0 saturated carbocycles. The van der Waals surface area contributed by atoms with Crippen molar-refractivity contribution in [1.82, 2.24) is 14.7 Å². The van der Waals surface area contributed by atoms with Crippen LogP contribution in [0.1, 0.15) is 24.5 Å². The minimum atomic E-state index is -0.737. The van der Waals surface area contributed by atoms with Crippen molar-refractivity contribution >= 4 is 17.9 Å². The Bertz CT molecular complexity index is 800. The Labute approximate surface area is 156 Å². The van der Waals surface area contributed by atoms with Gasteiger partial charge in [0.1, 0.15) is 19.3 Å². The number of carbonyl (C=O) groups is 3. The molecule has 5 rings (SSSR count). The van der Waals surface area contributed by atoms with Gasteiger partial charge in [-0.05, 0) is 5.56 Å².